The van der Waals surface area contributed by atoms with Crippen LogP contribution >= 0.6 is 0 Å². The molecular formula is C20H23NO4. The average molecular weight is 341 g/mol. The molecule has 5 rings (SSSR count). The molecule has 2 saturated carbocycles. The maximum Gasteiger partial charge on any atom is 0.226 e. The molecular weight excluding hydrogens is 318 g/mol. The average Bonchev–Trinajstić information content (AvgIpc) is 3.27. The van der Waals surface area contributed by atoms with Gasteiger partial charge in [-0.3, -0.25) is 9.59 Å². The van der Waals surface area contributed by atoms with Gasteiger partial charge in [-0.15, -0.1) is 0 Å². The highest BCUT2D eigenvalue weighted by Gasteiger charge is 2.71. The molecule has 25 heavy (non-hydrogen) atoms. The van der Waals surface area contributed by atoms with E-state index in [-0.39, 0.29) is 23.5 Å². The summed E-state index contributed by atoms with van der Waals surface area (Å²) in [5, 5.41) is 0. The van der Waals surface area contributed by atoms with Crippen molar-refractivity contribution in [2.24, 2.45) is 17.8 Å². The van der Waals surface area contributed by atoms with E-state index in [2.05, 4.69) is 0 Å². The van der Waals surface area contributed by atoms with Crippen LogP contribution in [-0.4, -0.2) is 48.5 Å². The third-order valence-corrected chi connectivity index (χ3v) is 6.49. The number of hydrogen-bond acceptors (Lipinski definition) is 4. The summed E-state index contributed by atoms with van der Waals surface area (Å²) in [4.78, 5) is 27.6. The monoisotopic (exact) mass is 341 g/mol. The Kier molecular flexibility index (Phi) is 3.26. The molecule has 5 nitrogen and oxygen atoms in total. The summed E-state index contributed by atoms with van der Waals surface area (Å²) in [6.45, 7) is 4.61. The molecule has 4 aliphatic rings. The summed E-state index contributed by atoms with van der Waals surface area (Å²) in [5.74, 6) is 1.72. The second-order valence-electron chi connectivity index (χ2n) is 7.96. The maximum absolute atomic E-state index is 12.9. The first kappa shape index (κ1) is 15.4. The number of carbonyl (C=O) groups excluding carboxylic acids is 2. The van der Waals surface area contributed by atoms with E-state index in [9.17, 15) is 9.59 Å². The molecule has 2 heterocycles. The first-order chi connectivity index (χ1) is 12.1. The van der Waals surface area contributed by atoms with Crippen LogP contribution in [0.2, 0.25) is 0 Å². The Morgan fingerprint density at radius 2 is 2.08 bits per heavy atom. The fourth-order valence-corrected chi connectivity index (χ4v) is 5.26. The Morgan fingerprint density at radius 1 is 1.28 bits per heavy atom. The van der Waals surface area contributed by atoms with Crippen molar-refractivity contribution < 1.29 is 19.1 Å². The van der Waals surface area contributed by atoms with Gasteiger partial charge in [-0.2, -0.15) is 0 Å². The van der Waals surface area contributed by atoms with Crippen molar-refractivity contribution >= 4 is 11.7 Å². The van der Waals surface area contributed by atoms with E-state index in [1.165, 1.54) is 0 Å². The van der Waals surface area contributed by atoms with E-state index in [1.807, 2.05) is 30.0 Å². The number of ketones is 1. The van der Waals surface area contributed by atoms with Gasteiger partial charge in [0.25, 0.3) is 0 Å². The van der Waals surface area contributed by atoms with Gasteiger partial charge in [0.2, 0.25) is 5.91 Å². The van der Waals surface area contributed by atoms with Crippen LogP contribution in [0.3, 0.4) is 0 Å². The normalized spacial score (nSPS) is 36.0. The van der Waals surface area contributed by atoms with Crippen LogP contribution in [0.1, 0.15) is 35.2 Å². The topological polar surface area (TPSA) is 55.8 Å². The Bertz CT molecular complexity index is 754. The third kappa shape index (κ3) is 2.25. The second-order valence-corrected chi connectivity index (χ2v) is 7.96. The van der Waals surface area contributed by atoms with Crippen LogP contribution in [0, 0.1) is 24.7 Å². The zero-order valence-electron chi connectivity index (χ0n) is 14.5. The quantitative estimate of drug-likeness (QED) is 0.786. The fraction of sp³-hybridized carbons (Fsp3) is 0.600. The van der Waals surface area contributed by atoms with E-state index in [4.69, 9.17) is 9.47 Å². The number of rotatable bonds is 1. The standard InChI is InChI=1S/C20H23NO4/c1-12-2-3-16-14(10-12)15(22)11-20(25-16)5-4-13-17(18(13)20)19(23)21-6-8-24-9-7-21/h2-3,10,13,17-18H,4-9,11H2,1H3/t13-,17-,18+,20+/m1/s1. The largest absolute Gasteiger partial charge is 0.486 e. The lowest BCUT2D eigenvalue weighted by atomic mass is 9.84. The highest BCUT2D eigenvalue weighted by atomic mass is 16.5. The third-order valence-electron chi connectivity index (χ3n) is 6.49. The van der Waals surface area contributed by atoms with Gasteiger partial charge in [-0.25, -0.2) is 0 Å². The molecule has 1 amide bonds. The number of fused-ring (bicyclic) bond motifs is 3. The van der Waals surface area contributed by atoms with Crippen LogP contribution < -0.4 is 4.74 Å². The molecule has 1 saturated heterocycles. The van der Waals surface area contributed by atoms with Gasteiger partial charge in [-0.1, -0.05) is 11.6 Å². The molecule has 0 N–H and O–H groups in total. The lowest BCUT2D eigenvalue weighted by Gasteiger charge is -2.37. The van der Waals surface area contributed by atoms with Gasteiger partial charge < -0.3 is 14.4 Å². The number of aryl methyl sites for hydroxylation is 1. The van der Waals surface area contributed by atoms with Crippen molar-refractivity contribution in [1.29, 1.82) is 0 Å². The molecule has 2 aliphatic heterocycles. The number of morpholine rings is 1. The fourth-order valence-electron chi connectivity index (χ4n) is 5.26. The van der Waals surface area contributed by atoms with Crippen LogP contribution in [0.25, 0.3) is 0 Å². The van der Waals surface area contributed by atoms with Gasteiger partial charge in [0.15, 0.2) is 5.78 Å². The molecule has 1 spiro atoms. The van der Waals surface area contributed by atoms with Gasteiger partial charge in [0.05, 0.1) is 25.2 Å². The summed E-state index contributed by atoms with van der Waals surface area (Å²) in [6.07, 6.45) is 2.28. The molecule has 0 bridgehead atoms. The minimum absolute atomic E-state index is 0.0339. The number of Topliss-reactive ketones (excluding diaryl/α,β-unsaturated/α-hetero) is 1. The Morgan fingerprint density at radius 3 is 2.88 bits per heavy atom. The number of ether oxygens (including phenoxy) is 2. The van der Waals surface area contributed by atoms with Crippen molar-refractivity contribution in [3.05, 3.63) is 29.3 Å². The van der Waals surface area contributed by atoms with Crippen molar-refractivity contribution in [3.8, 4) is 5.75 Å². The van der Waals surface area contributed by atoms with E-state index in [1.54, 1.807) is 0 Å². The molecule has 0 aromatic heterocycles. The first-order valence-corrected chi connectivity index (χ1v) is 9.28. The summed E-state index contributed by atoms with van der Waals surface area (Å²) >= 11 is 0. The predicted octanol–water partition coefficient (Wildman–Crippen LogP) is 2.21. The molecule has 1 aromatic carbocycles. The molecule has 3 fully saturated rings. The molecule has 5 heteroatoms. The molecule has 132 valence electrons. The zero-order chi connectivity index (χ0) is 17.2. The highest BCUT2D eigenvalue weighted by molar-refractivity contribution is 6.01. The smallest absolute Gasteiger partial charge is 0.226 e. The van der Waals surface area contributed by atoms with Crippen LogP contribution in [-0.2, 0) is 9.53 Å². The Labute approximate surface area is 147 Å². The van der Waals surface area contributed by atoms with Crippen molar-refractivity contribution in [3.63, 3.8) is 0 Å². The number of carbonyl (C=O) groups is 2. The zero-order valence-corrected chi connectivity index (χ0v) is 14.5. The number of hydrogen-bond donors (Lipinski definition) is 0. The van der Waals surface area contributed by atoms with E-state index < -0.39 is 5.60 Å². The molecule has 4 atom stereocenters. The first-order valence-electron chi connectivity index (χ1n) is 9.28. The minimum atomic E-state index is -0.462. The minimum Gasteiger partial charge on any atom is -0.486 e. The predicted molar refractivity (Wildman–Crippen MR) is 90.6 cm³/mol. The Balaban J connectivity index is 1.39. The van der Waals surface area contributed by atoms with Crippen molar-refractivity contribution in [2.45, 2.75) is 31.8 Å². The lowest BCUT2D eigenvalue weighted by molar-refractivity contribution is -0.138. The second kappa shape index (κ2) is 5.31. The molecule has 2 aliphatic carbocycles. The SMILES string of the molecule is Cc1ccc2c(c1)C(=O)C[C@]1(CC[C@@H]3[C@@H](C(=O)N4CCOCC4)[C@H]31)O2. The summed E-state index contributed by atoms with van der Waals surface area (Å²) < 4.78 is 11.8. The van der Waals surface area contributed by atoms with Gasteiger partial charge in [0.1, 0.15) is 11.4 Å². The molecule has 0 radical (unpaired) electrons. The Hall–Kier alpha value is -1.88. The van der Waals surface area contributed by atoms with Gasteiger partial charge in [0, 0.05) is 24.9 Å². The van der Waals surface area contributed by atoms with Gasteiger partial charge >= 0.3 is 0 Å². The van der Waals surface area contributed by atoms with Gasteiger partial charge in [-0.05, 0) is 37.8 Å². The number of nitrogens with zero attached hydrogens (tertiary/aromatic N) is 1. The van der Waals surface area contributed by atoms with Crippen LogP contribution in [0.4, 0.5) is 0 Å². The van der Waals surface area contributed by atoms with Crippen LogP contribution in [0.15, 0.2) is 18.2 Å². The lowest BCUT2D eigenvalue weighted by Crippen LogP contribution is -2.46. The summed E-state index contributed by atoms with van der Waals surface area (Å²) in [6, 6.07) is 5.82. The molecule has 1 aromatic rings. The number of benzene rings is 1. The maximum atomic E-state index is 12.9. The van der Waals surface area contributed by atoms with E-state index in [0.717, 1.165) is 18.4 Å². The molecule has 0 unspecified atom stereocenters. The van der Waals surface area contributed by atoms with Crippen molar-refractivity contribution in [1.82, 2.24) is 4.90 Å². The van der Waals surface area contributed by atoms with Crippen LogP contribution in [0.5, 0.6) is 5.75 Å². The number of amides is 1. The highest BCUT2D eigenvalue weighted by Crippen LogP contribution is 2.66. The summed E-state index contributed by atoms with van der Waals surface area (Å²) in [7, 11) is 0. The van der Waals surface area contributed by atoms with Crippen molar-refractivity contribution in [2.75, 3.05) is 26.3 Å². The summed E-state index contributed by atoms with van der Waals surface area (Å²) in [5.41, 5.74) is 1.31. The van der Waals surface area contributed by atoms with E-state index in [0.29, 0.717) is 50.0 Å². The van der Waals surface area contributed by atoms with E-state index >= 15 is 0 Å².